The number of hydrogen-bond donors (Lipinski definition) is 2. The normalized spacial score (nSPS) is 12.2. The van der Waals surface area contributed by atoms with E-state index in [-0.39, 0.29) is 11.7 Å². The summed E-state index contributed by atoms with van der Waals surface area (Å²) < 4.78 is 0. The number of unbranched alkanes of at least 4 members (excludes halogenated alkanes) is 8. The standard InChI is InChI=1S/C24H34O2/c1-2-3-4-5-6-7-8-9-10-13-22(20-16-18-21(25)19-17-20)23-14-11-12-15-24(23)26/h11-12,14-19,22,25-26H,2-10,13H2,1H3. The zero-order valence-corrected chi connectivity index (χ0v) is 16.2. The summed E-state index contributed by atoms with van der Waals surface area (Å²) in [5, 5.41) is 19.9. The van der Waals surface area contributed by atoms with Crippen LogP contribution in [0.2, 0.25) is 0 Å². The fraction of sp³-hybridized carbons (Fsp3) is 0.500. The molecule has 0 aliphatic rings. The van der Waals surface area contributed by atoms with E-state index in [1.54, 1.807) is 18.2 Å². The molecule has 2 aromatic rings. The molecule has 0 aliphatic carbocycles. The van der Waals surface area contributed by atoms with Crippen molar-refractivity contribution in [2.24, 2.45) is 0 Å². The molecule has 0 aliphatic heterocycles. The predicted octanol–water partition coefficient (Wildman–Crippen LogP) is 7.15. The maximum absolute atomic E-state index is 10.3. The fourth-order valence-electron chi connectivity index (χ4n) is 3.65. The molecule has 0 heterocycles. The van der Waals surface area contributed by atoms with Gasteiger partial charge in [0.25, 0.3) is 0 Å². The maximum atomic E-state index is 10.3. The highest BCUT2D eigenvalue weighted by molar-refractivity contribution is 5.42. The number of phenolic OH excluding ortho intramolecular Hbond substituents is 2. The van der Waals surface area contributed by atoms with Crippen molar-refractivity contribution in [2.45, 2.75) is 77.0 Å². The van der Waals surface area contributed by atoms with Gasteiger partial charge in [0, 0.05) is 11.5 Å². The van der Waals surface area contributed by atoms with Crippen molar-refractivity contribution in [3.63, 3.8) is 0 Å². The van der Waals surface area contributed by atoms with Gasteiger partial charge >= 0.3 is 0 Å². The van der Waals surface area contributed by atoms with Crippen molar-refractivity contribution < 1.29 is 10.2 Å². The summed E-state index contributed by atoms with van der Waals surface area (Å²) in [6.45, 7) is 2.26. The molecule has 26 heavy (non-hydrogen) atoms. The quantitative estimate of drug-likeness (QED) is 0.397. The Morgan fingerprint density at radius 1 is 0.692 bits per heavy atom. The minimum absolute atomic E-state index is 0.182. The second kappa shape index (κ2) is 11.6. The summed E-state index contributed by atoms with van der Waals surface area (Å²) in [7, 11) is 0. The first-order valence-corrected chi connectivity index (χ1v) is 10.3. The van der Waals surface area contributed by atoms with Crippen LogP contribution in [0.1, 0.15) is 88.2 Å². The first-order chi connectivity index (χ1) is 12.7. The third-order valence-corrected chi connectivity index (χ3v) is 5.20. The van der Waals surface area contributed by atoms with Gasteiger partial charge in [-0.05, 0) is 30.2 Å². The van der Waals surface area contributed by atoms with Crippen molar-refractivity contribution in [1.82, 2.24) is 0 Å². The lowest BCUT2D eigenvalue weighted by Gasteiger charge is -2.19. The average molecular weight is 355 g/mol. The van der Waals surface area contributed by atoms with Gasteiger partial charge < -0.3 is 10.2 Å². The Morgan fingerprint density at radius 2 is 1.27 bits per heavy atom. The zero-order chi connectivity index (χ0) is 18.6. The highest BCUT2D eigenvalue weighted by Gasteiger charge is 2.17. The molecule has 0 radical (unpaired) electrons. The smallest absolute Gasteiger partial charge is 0.119 e. The molecule has 0 bridgehead atoms. The van der Waals surface area contributed by atoms with Gasteiger partial charge in [-0.25, -0.2) is 0 Å². The Bertz CT molecular complexity index is 618. The Kier molecular flexibility index (Phi) is 9.09. The van der Waals surface area contributed by atoms with E-state index in [0.717, 1.165) is 24.0 Å². The van der Waals surface area contributed by atoms with E-state index in [9.17, 15) is 10.2 Å². The Morgan fingerprint density at radius 3 is 1.88 bits per heavy atom. The molecule has 1 atom stereocenters. The summed E-state index contributed by atoms with van der Waals surface area (Å²) in [4.78, 5) is 0. The highest BCUT2D eigenvalue weighted by Crippen LogP contribution is 2.35. The van der Waals surface area contributed by atoms with Crippen LogP contribution in [0.15, 0.2) is 48.5 Å². The molecule has 0 spiro atoms. The number of rotatable bonds is 12. The SMILES string of the molecule is CCCCCCCCCCCC(c1ccc(O)cc1)c1ccccc1O. The van der Waals surface area contributed by atoms with Crippen LogP contribution in [-0.2, 0) is 0 Å². The van der Waals surface area contributed by atoms with Crippen LogP contribution in [0, 0.1) is 0 Å². The summed E-state index contributed by atoms with van der Waals surface area (Å²) in [5.74, 6) is 0.829. The van der Waals surface area contributed by atoms with Gasteiger partial charge in [-0.15, -0.1) is 0 Å². The van der Waals surface area contributed by atoms with E-state index in [0.29, 0.717) is 5.75 Å². The molecule has 2 aromatic carbocycles. The first-order valence-electron chi connectivity index (χ1n) is 10.3. The first kappa shape index (κ1) is 20.4. The Balaban J connectivity index is 1.86. The van der Waals surface area contributed by atoms with Gasteiger partial charge in [0.2, 0.25) is 0 Å². The molecule has 1 unspecified atom stereocenters. The topological polar surface area (TPSA) is 40.5 Å². The molecule has 2 rings (SSSR count). The Labute approximate surface area is 158 Å². The third-order valence-electron chi connectivity index (χ3n) is 5.20. The van der Waals surface area contributed by atoms with Gasteiger partial charge in [-0.1, -0.05) is 95.0 Å². The maximum Gasteiger partial charge on any atom is 0.119 e. The van der Waals surface area contributed by atoms with Crippen LogP contribution in [0.4, 0.5) is 0 Å². The highest BCUT2D eigenvalue weighted by atomic mass is 16.3. The summed E-state index contributed by atoms with van der Waals surface area (Å²) in [6, 6.07) is 15.0. The third kappa shape index (κ3) is 6.74. The average Bonchev–Trinajstić information content (AvgIpc) is 2.65. The lowest BCUT2D eigenvalue weighted by molar-refractivity contribution is 0.459. The van der Waals surface area contributed by atoms with Crippen LogP contribution in [0.25, 0.3) is 0 Å². The van der Waals surface area contributed by atoms with Crippen molar-refractivity contribution in [3.8, 4) is 11.5 Å². The number of para-hydroxylation sites is 1. The van der Waals surface area contributed by atoms with E-state index >= 15 is 0 Å². The van der Waals surface area contributed by atoms with Crippen molar-refractivity contribution >= 4 is 0 Å². The molecule has 0 saturated heterocycles. The molecule has 2 N–H and O–H groups in total. The molecule has 0 amide bonds. The van der Waals surface area contributed by atoms with Gasteiger partial charge in [0.15, 0.2) is 0 Å². The monoisotopic (exact) mass is 354 g/mol. The molecule has 2 heteroatoms. The van der Waals surface area contributed by atoms with E-state index in [1.165, 1.54) is 51.4 Å². The second-order valence-electron chi connectivity index (χ2n) is 7.32. The largest absolute Gasteiger partial charge is 0.508 e. The van der Waals surface area contributed by atoms with Crippen LogP contribution in [0.5, 0.6) is 11.5 Å². The van der Waals surface area contributed by atoms with E-state index in [1.807, 2.05) is 30.3 Å². The van der Waals surface area contributed by atoms with E-state index in [2.05, 4.69) is 6.92 Å². The fourth-order valence-corrected chi connectivity index (χ4v) is 3.65. The molecule has 0 saturated carbocycles. The Hall–Kier alpha value is -1.96. The number of phenols is 2. The molecular formula is C24H34O2. The number of hydrogen-bond acceptors (Lipinski definition) is 2. The van der Waals surface area contributed by atoms with E-state index < -0.39 is 0 Å². The second-order valence-corrected chi connectivity index (χ2v) is 7.32. The van der Waals surface area contributed by atoms with Crippen molar-refractivity contribution in [1.29, 1.82) is 0 Å². The van der Waals surface area contributed by atoms with Crippen LogP contribution in [-0.4, -0.2) is 10.2 Å². The van der Waals surface area contributed by atoms with Crippen LogP contribution >= 0.6 is 0 Å². The molecule has 2 nitrogen and oxygen atoms in total. The van der Waals surface area contributed by atoms with Crippen molar-refractivity contribution in [3.05, 3.63) is 59.7 Å². The number of aromatic hydroxyl groups is 2. The molecule has 0 fully saturated rings. The van der Waals surface area contributed by atoms with Gasteiger partial charge in [-0.2, -0.15) is 0 Å². The molecule has 0 aromatic heterocycles. The van der Waals surface area contributed by atoms with Crippen LogP contribution in [0.3, 0.4) is 0 Å². The lowest BCUT2D eigenvalue weighted by atomic mass is 9.86. The number of benzene rings is 2. The zero-order valence-electron chi connectivity index (χ0n) is 16.2. The minimum atomic E-state index is 0.182. The summed E-state index contributed by atoms with van der Waals surface area (Å²) >= 11 is 0. The van der Waals surface area contributed by atoms with Gasteiger partial charge in [0.1, 0.15) is 11.5 Å². The lowest BCUT2D eigenvalue weighted by Crippen LogP contribution is -2.02. The van der Waals surface area contributed by atoms with Crippen molar-refractivity contribution in [2.75, 3.05) is 0 Å². The summed E-state index contributed by atoms with van der Waals surface area (Å²) in [5.41, 5.74) is 2.14. The predicted molar refractivity (Wildman–Crippen MR) is 110 cm³/mol. The molecule has 142 valence electrons. The van der Waals surface area contributed by atoms with Gasteiger partial charge in [-0.3, -0.25) is 0 Å². The van der Waals surface area contributed by atoms with Gasteiger partial charge in [0.05, 0.1) is 0 Å². The molecular weight excluding hydrogens is 320 g/mol. The van der Waals surface area contributed by atoms with E-state index in [4.69, 9.17) is 0 Å². The minimum Gasteiger partial charge on any atom is -0.508 e. The summed E-state index contributed by atoms with van der Waals surface area (Å²) in [6.07, 6.45) is 12.9. The van der Waals surface area contributed by atoms with Crippen LogP contribution < -0.4 is 0 Å².